The van der Waals surface area contributed by atoms with Crippen molar-refractivity contribution in [3.63, 3.8) is 0 Å². The van der Waals surface area contributed by atoms with Gasteiger partial charge in [0.2, 0.25) is 0 Å². The lowest BCUT2D eigenvalue weighted by Gasteiger charge is -2.25. The van der Waals surface area contributed by atoms with Crippen LogP contribution < -0.4 is 5.32 Å². The van der Waals surface area contributed by atoms with Gasteiger partial charge in [-0.1, -0.05) is 20.3 Å². The van der Waals surface area contributed by atoms with Gasteiger partial charge in [0.1, 0.15) is 5.54 Å². The lowest BCUT2D eigenvalue weighted by molar-refractivity contribution is -0.144. The first-order chi connectivity index (χ1) is 8.84. The Morgan fingerprint density at radius 2 is 2.05 bits per heavy atom. The van der Waals surface area contributed by atoms with Crippen molar-refractivity contribution in [2.45, 2.75) is 52.5 Å². The summed E-state index contributed by atoms with van der Waals surface area (Å²) in [5, 5.41) is 11.9. The van der Waals surface area contributed by atoms with E-state index in [0.717, 1.165) is 16.9 Å². The number of carboxylic acid groups (broad SMARTS) is 1. The molecule has 19 heavy (non-hydrogen) atoms. The predicted octanol–water partition coefficient (Wildman–Crippen LogP) is 2.99. The van der Waals surface area contributed by atoms with Crippen LogP contribution in [0, 0.1) is 6.92 Å². The summed E-state index contributed by atoms with van der Waals surface area (Å²) in [7, 11) is 0. The summed E-state index contributed by atoms with van der Waals surface area (Å²) in [5.74, 6) is -1.29. The molecule has 4 nitrogen and oxygen atoms in total. The number of rotatable bonds is 6. The zero-order valence-corrected chi connectivity index (χ0v) is 12.7. The molecule has 0 bridgehead atoms. The molecule has 1 aromatic rings. The van der Waals surface area contributed by atoms with Crippen LogP contribution in [0.2, 0.25) is 0 Å². The van der Waals surface area contributed by atoms with Crippen LogP contribution in [0.25, 0.3) is 0 Å². The van der Waals surface area contributed by atoms with E-state index < -0.39 is 11.5 Å². The summed E-state index contributed by atoms with van der Waals surface area (Å²) in [6.07, 6.45) is 2.00. The lowest BCUT2D eigenvalue weighted by Crippen LogP contribution is -2.51. The molecule has 0 aliphatic rings. The van der Waals surface area contributed by atoms with Gasteiger partial charge in [-0.3, -0.25) is 4.79 Å². The number of carboxylic acids is 1. The van der Waals surface area contributed by atoms with Crippen LogP contribution in [0.1, 0.15) is 53.7 Å². The number of carbonyl (C=O) groups excluding carboxylic acids is 1. The smallest absolute Gasteiger partial charge is 0.329 e. The van der Waals surface area contributed by atoms with E-state index in [1.807, 2.05) is 26.8 Å². The fourth-order valence-electron chi connectivity index (χ4n) is 2.02. The third kappa shape index (κ3) is 3.56. The highest BCUT2D eigenvalue weighted by atomic mass is 32.1. The van der Waals surface area contributed by atoms with E-state index in [1.54, 1.807) is 6.92 Å². The molecule has 1 atom stereocenters. The maximum Gasteiger partial charge on any atom is 0.329 e. The lowest BCUT2D eigenvalue weighted by atomic mass is 9.96. The first-order valence-corrected chi connectivity index (χ1v) is 7.31. The number of nitrogens with one attached hydrogen (secondary N) is 1. The van der Waals surface area contributed by atoms with Gasteiger partial charge < -0.3 is 10.4 Å². The van der Waals surface area contributed by atoms with Gasteiger partial charge in [-0.2, -0.15) is 0 Å². The van der Waals surface area contributed by atoms with Gasteiger partial charge in [0.05, 0.1) is 4.88 Å². The number of hydrogen-bond donors (Lipinski definition) is 2. The molecular formula is C14H21NO3S. The summed E-state index contributed by atoms with van der Waals surface area (Å²) < 4.78 is 0. The SMILES string of the molecule is CCCC(C)(NC(=O)c1cc(C)c(CC)s1)C(=O)O. The zero-order chi connectivity index (χ0) is 14.6. The first-order valence-electron chi connectivity index (χ1n) is 6.49. The molecule has 0 aliphatic carbocycles. The Morgan fingerprint density at radius 3 is 2.47 bits per heavy atom. The number of carbonyl (C=O) groups is 2. The molecule has 0 saturated heterocycles. The third-order valence-corrected chi connectivity index (χ3v) is 4.56. The van der Waals surface area contributed by atoms with Crippen LogP contribution in [0.3, 0.4) is 0 Å². The van der Waals surface area contributed by atoms with Crippen molar-refractivity contribution in [2.24, 2.45) is 0 Å². The molecule has 0 fully saturated rings. The van der Waals surface area contributed by atoms with Crippen LogP contribution in [-0.4, -0.2) is 22.5 Å². The van der Waals surface area contributed by atoms with Crippen LogP contribution in [0.4, 0.5) is 0 Å². The summed E-state index contributed by atoms with van der Waals surface area (Å²) in [5.41, 5.74) is -0.110. The molecule has 2 N–H and O–H groups in total. The molecule has 1 heterocycles. The van der Waals surface area contributed by atoms with Crippen molar-refractivity contribution in [1.29, 1.82) is 0 Å². The largest absolute Gasteiger partial charge is 0.480 e. The minimum Gasteiger partial charge on any atom is -0.480 e. The molecule has 1 rings (SSSR count). The fraction of sp³-hybridized carbons (Fsp3) is 0.571. The Morgan fingerprint density at radius 1 is 1.42 bits per heavy atom. The topological polar surface area (TPSA) is 66.4 Å². The molecule has 0 aromatic carbocycles. The average Bonchev–Trinajstić information content (AvgIpc) is 2.70. The Balaban J connectivity index is 2.90. The highest BCUT2D eigenvalue weighted by Crippen LogP contribution is 2.23. The first kappa shape index (κ1) is 15.7. The Kier molecular flexibility index (Phi) is 5.11. The van der Waals surface area contributed by atoms with Crippen molar-refractivity contribution < 1.29 is 14.7 Å². The van der Waals surface area contributed by atoms with Gasteiger partial charge in [0.15, 0.2) is 0 Å². The second-order valence-electron chi connectivity index (χ2n) is 4.91. The second-order valence-corrected chi connectivity index (χ2v) is 6.05. The molecule has 106 valence electrons. The molecule has 0 radical (unpaired) electrons. The average molecular weight is 283 g/mol. The van der Waals surface area contributed by atoms with Crippen LogP contribution >= 0.6 is 11.3 Å². The summed E-state index contributed by atoms with van der Waals surface area (Å²) >= 11 is 1.43. The van der Waals surface area contributed by atoms with Gasteiger partial charge in [-0.25, -0.2) is 4.79 Å². The Bertz CT molecular complexity index is 481. The van der Waals surface area contributed by atoms with Crippen molar-refractivity contribution in [1.82, 2.24) is 5.32 Å². The van der Waals surface area contributed by atoms with Gasteiger partial charge in [-0.05, 0) is 38.3 Å². The molecule has 0 saturated carbocycles. The fourth-order valence-corrected chi connectivity index (χ4v) is 3.03. The molecule has 0 spiro atoms. The number of amides is 1. The number of aliphatic carboxylic acids is 1. The van der Waals surface area contributed by atoms with E-state index in [4.69, 9.17) is 0 Å². The second kappa shape index (κ2) is 6.19. The monoisotopic (exact) mass is 283 g/mol. The van der Waals surface area contributed by atoms with Gasteiger partial charge in [-0.15, -0.1) is 11.3 Å². The van der Waals surface area contributed by atoms with E-state index in [0.29, 0.717) is 17.7 Å². The molecular weight excluding hydrogens is 262 g/mol. The van der Waals surface area contributed by atoms with Crippen LogP contribution in [-0.2, 0) is 11.2 Å². The predicted molar refractivity (Wildman–Crippen MR) is 76.8 cm³/mol. The minimum atomic E-state index is -1.20. The van der Waals surface area contributed by atoms with Crippen molar-refractivity contribution in [3.8, 4) is 0 Å². The quantitative estimate of drug-likeness (QED) is 0.843. The molecule has 1 aromatic heterocycles. The Hall–Kier alpha value is -1.36. The standard InChI is InChI=1S/C14H21NO3S/c1-5-7-14(4,13(17)18)15-12(16)11-8-9(3)10(6-2)19-11/h8H,5-7H2,1-4H3,(H,15,16)(H,17,18). The summed E-state index contributed by atoms with van der Waals surface area (Å²) in [6, 6.07) is 1.83. The van der Waals surface area contributed by atoms with Crippen molar-refractivity contribution in [2.75, 3.05) is 0 Å². The Labute approximate surface area is 117 Å². The minimum absolute atomic E-state index is 0.300. The molecule has 0 aliphatic heterocycles. The van der Waals surface area contributed by atoms with E-state index >= 15 is 0 Å². The highest BCUT2D eigenvalue weighted by Gasteiger charge is 2.34. The number of hydrogen-bond acceptors (Lipinski definition) is 3. The zero-order valence-electron chi connectivity index (χ0n) is 11.9. The van der Waals surface area contributed by atoms with Gasteiger partial charge >= 0.3 is 5.97 Å². The summed E-state index contributed by atoms with van der Waals surface area (Å²) in [4.78, 5) is 25.2. The summed E-state index contributed by atoms with van der Waals surface area (Å²) in [6.45, 7) is 7.46. The van der Waals surface area contributed by atoms with Crippen molar-refractivity contribution >= 4 is 23.2 Å². The molecule has 1 amide bonds. The molecule has 5 heteroatoms. The highest BCUT2D eigenvalue weighted by molar-refractivity contribution is 7.14. The van der Waals surface area contributed by atoms with E-state index in [1.165, 1.54) is 11.3 Å². The number of thiophene rings is 1. The van der Waals surface area contributed by atoms with Gasteiger partial charge in [0.25, 0.3) is 5.91 Å². The van der Waals surface area contributed by atoms with E-state index in [-0.39, 0.29) is 5.91 Å². The van der Waals surface area contributed by atoms with Gasteiger partial charge in [0, 0.05) is 4.88 Å². The molecule has 1 unspecified atom stereocenters. The van der Waals surface area contributed by atoms with Crippen LogP contribution in [0.15, 0.2) is 6.07 Å². The normalized spacial score (nSPS) is 13.9. The third-order valence-electron chi connectivity index (χ3n) is 3.18. The number of aryl methyl sites for hydroxylation is 2. The van der Waals surface area contributed by atoms with E-state index in [2.05, 4.69) is 5.32 Å². The maximum atomic E-state index is 12.2. The van der Waals surface area contributed by atoms with Crippen LogP contribution in [0.5, 0.6) is 0 Å². The maximum absolute atomic E-state index is 12.2. The van der Waals surface area contributed by atoms with Crippen molar-refractivity contribution in [3.05, 3.63) is 21.4 Å². The van der Waals surface area contributed by atoms with E-state index in [9.17, 15) is 14.7 Å².